The van der Waals surface area contributed by atoms with Crippen LogP contribution in [0.15, 0.2) is 24.3 Å². The Kier molecular flexibility index (Phi) is 4.80. The summed E-state index contributed by atoms with van der Waals surface area (Å²) in [7, 11) is -4.01. The SMILES string of the molecule is CCc1ccc(-c2snc(Cl)c2CCS(=O)(=O)O)cc1. The average molecular weight is 332 g/mol. The highest BCUT2D eigenvalue weighted by atomic mass is 35.5. The number of hydrogen-bond acceptors (Lipinski definition) is 4. The maximum absolute atomic E-state index is 10.9. The van der Waals surface area contributed by atoms with Crippen molar-refractivity contribution in [1.82, 2.24) is 4.37 Å². The molecule has 0 aliphatic carbocycles. The average Bonchev–Trinajstić information content (AvgIpc) is 2.77. The van der Waals surface area contributed by atoms with E-state index < -0.39 is 10.1 Å². The van der Waals surface area contributed by atoms with E-state index in [9.17, 15) is 8.42 Å². The predicted octanol–water partition coefficient (Wildman–Crippen LogP) is 3.46. The lowest BCUT2D eigenvalue weighted by atomic mass is 10.1. The molecule has 1 aromatic heterocycles. The fourth-order valence-electron chi connectivity index (χ4n) is 1.86. The number of rotatable bonds is 5. The summed E-state index contributed by atoms with van der Waals surface area (Å²) in [5.41, 5.74) is 2.85. The molecular weight excluding hydrogens is 318 g/mol. The van der Waals surface area contributed by atoms with Crippen molar-refractivity contribution in [3.8, 4) is 10.4 Å². The van der Waals surface area contributed by atoms with E-state index in [0.29, 0.717) is 10.7 Å². The molecule has 0 atom stereocenters. The summed E-state index contributed by atoms with van der Waals surface area (Å²) in [5.74, 6) is -0.356. The Hall–Kier alpha value is -0.950. The van der Waals surface area contributed by atoms with Crippen molar-refractivity contribution in [1.29, 1.82) is 0 Å². The number of hydrogen-bond donors (Lipinski definition) is 1. The van der Waals surface area contributed by atoms with Crippen LogP contribution in [0.3, 0.4) is 0 Å². The molecule has 0 radical (unpaired) electrons. The molecule has 7 heteroatoms. The molecule has 0 amide bonds. The molecule has 4 nitrogen and oxygen atoms in total. The number of nitrogens with zero attached hydrogens (tertiary/aromatic N) is 1. The van der Waals surface area contributed by atoms with E-state index in [-0.39, 0.29) is 12.2 Å². The van der Waals surface area contributed by atoms with Gasteiger partial charge in [-0.2, -0.15) is 12.8 Å². The topological polar surface area (TPSA) is 67.3 Å². The van der Waals surface area contributed by atoms with E-state index in [1.54, 1.807) is 0 Å². The Morgan fingerprint density at radius 1 is 1.30 bits per heavy atom. The van der Waals surface area contributed by atoms with Gasteiger partial charge in [0.15, 0.2) is 0 Å². The maximum atomic E-state index is 10.9. The van der Waals surface area contributed by atoms with Crippen molar-refractivity contribution in [2.75, 3.05) is 5.75 Å². The molecule has 0 aliphatic heterocycles. The quantitative estimate of drug-likeness (QED) is 0.852. The first-order valence-corrected chi connectivity index (χ1v) is 8.85. The molecule has 2 aromatic rings. The Bertz CT molecular complexity index is 693. The summed E-state index contributed by atoms with van der Waals surface area (Å²) in [6, 6.07) is 7.99. The molecule has 2 rings (SSSR count). The first-order chi connectivity index (χ1) is 9.40. The third kappa shape index (κ3) is 3.79. The molecule has 0 aliphatic rings. The minimum Gasteiger partial charge on any atom is -0.286 e. The lowest BCUT2D eigenvalue weighted by Gasteiger charge is -2.04. The van der Waals surface area contributed by atoms with Crippen molar-refractivity contribution in [3.63, 3.8) is 0 Å². The smallest absolute Gasteiger partial charge is 0.265 e. The highest BCUT2D eigenvalue weighted by Gasteiger charge is 2.16. The zero-order chi connectivity index (χ0) is 14.8. The summed E-state index contributed by atoms with van der Waals surface area (Å²) in [6.45, 7) is 2.08. The summed E-state index contributed by atoms with van der Waals surface area (Å²) in [6.07, 6.45) is 1.11. The van der Waals surface area contributed by atoms with Gasteiger partial charge < -0.3 is 0 Å². The first-order valence-electron chi connectivity index (χ1n) is 6.09. The molecule has 20 heavy (non-hydrogen) atoms. The van der Waals surface area contributed by atoms with Gasteiger partial charge in [-0.3, -0.25) is 4.55 Å². The third-order valence-electron chi connectivity index (χ3n) is 2.97. The fraction of sp³-hybridized carbons (Fsp3) is 0.308. The number of aryl methyl sites for hydroxylation is 1. The third-order valence-corrected chi connectivity index (χ3v) is 5.05. The minimum absolute atomic E-state index is 0.152. The molecule has 1 N–H and O–H groups in total. The van der Waals surface area contributed by atoms with E-state index in [0.717, 1.165) is 16.9 Å². The molecule has 108 valence electrons. The van der Waals surface area contributed by atoms with Gasteiger partial charge >= 0.3 is 0 Å². The van der Waals surface area contributed by atoms with Crippen LogP contribution in [0.5, 0.6) is 0 Å². The molecule has 0 bridgehead atoms. The standard InChI is InChI=1S/C13H14ClNO3S2/c1-2-9-3-5-10(6-4-9)12-11(13(14)15-19-12)7-8-20(16,17)18/h3-6H,2,7-8H2,1H3,(H,16,17,18). The summed E-state index contributed by atoms with van der Waals surface area (Å²) < 4.78 is 34.6. The number of halogens is 1. The van der Waals surface area contributed by atoms with Gasteiger partial charge in [0.25, 0.3) is 10.1 Å². The van der Waals surface area contributed by atoms with Crippen LogP contribution in [-0.2, 0) is 23.0 Å². The van der Waals surface area contributed by atoms with Crippen LogP contribution < -0.4 is 0 Å². The van der Waals surface area contributed by atoms with Crippen LogP contribution >= 0.6 is 23.1 Å². The molecular formula is C13H14ClNO3S2. The highest BCUT2D eigenvalue weighted by Crippen LogP contribution is 2.33. The Morgan fingerprint density at radius 3 is 2.50 bits per heavy atom. The number of benzene rings is 1. The summed E-state index contributed by atoms with van der Waals surface area (Å²) in [4.78, 5) is 0.848. The highest BCUT2D eigenvalue weighted by molar-refractivity contribution is 7.85. The molecule has 0 fully saturated rings. The normalized spacial score (nSPS) is 11.8. The largest absolute Gasteiger partial charge is 0.286 e. The maximum Gasteiger partial charge on any atom is 0.265 e. The van der Waals surface area contributed by atoms with Crippen LogP contribution in [0.1, 0.15) is 18.1 Å². The van der Waals surface area contributed by atoms with Crippen molar-refractivity contribution >= 4 is 33.3 Å². The molecule has 0 spiro atoms. The number of aromatic nitrogens is 1. The molecule has 0 saturated heterocycles. The second-order valence-electron chi connectivity index (χ2n) is 4.37. The summed E-state index contributed by atoms with van der Waals surface area (Å²) in [5, 5.41) is 0.299. The van der Waals surface area contributed by atoms with Crippen molar-refractivity contribution in [3.05, 3.63) is 40.5 Å². The second-order valence-corrected chi connectivity index (χ2v) is 7.07. The van der Waals surface area contributed by atoms with Gasteiger partial charge in [0.05, 0.1) is 10.6 Å². The van der Waals surface area contributed by atoms with Gasteiger partial charge in [-0.05, 0) is 35.5 Å². The van der Waals surface area contributed by atoms with Crippen molar-refractivity contribution < 1.29 is 13.0 Å². The van der Waals surface area contributed by atoms with Crippen LogP contribution in [0, 0.1) is 0 Å². The van der Waals surface area contributed by atoms with E-state index >= 15 is 0 Å². The predicted molar refractivity (Wildman–Crippen MR) is 82.1 cm³/mol. The van der Waals surface area contributed by atoms with Crippen molar-refractivity contribution in [2.45, 2.75) is 19.8 Å². The monoisotopic (exact) mass is 331 g/mol. The fourth-order valence-corrected chi connectivity index (χ4v) is 3.50. The second kappa shape index (κ2) is 6.22. The van der Waals surface area contributed by atoms with Crippen molar-refractivity contribution in [2.24, 2.45) is 0 Å². The lowest BCUT2D eigenvalue weighted by molar-refractivity contribution is 0.483. The summed E-state index contributed by atoms with van der Waals surface area (Å²) >= 11 is 7.24. The lowest BCUT2D eigenvalue weighted by Crippen LogP contribution is -2.06. The Labute approximate surface area is 127 Å². The first kappa shape index (κ1) is 15.4. The van der Waals surface area contributed by atoms with E-state index in [4.69, 9.17) is 16.2 Å². The Morgan fingerprint density at radius 2 is 1.95 bits per heavy atom. The van der Waals surface area contributed by atoms with Crippen LogP contribution in [0.25, 0.3) is 10.4 Å². The van der Waals surface area contributed by atoms with Gasteiger partial charge in [0, 0.05) is 5.56 Å². The van der Waals surface area contributed by atoms with Crippen LogP contribution in [0.4, 0.5) is 0 Å². The van der Waals surface area contributed by atoms with Gasteiger partial charge in [-0.1, -0.05) is 42.8 Å². The molecule has 1 aromatic carbocycles. The van der Waals surface area contributed by atoms with E-state index in [1.165, 1.54) is 17.1 Å². The molecule has 0 saturated carbocycles. The zero-order valence-electron chi connectivity index (χ0n) is 10.8. The van der Waals surface area contributed by atoms with E-state index in [1.807, 2.05) is 24.3 Å². The van der Waals surface area contributed by atoms with Gasteiger partial charge in [-0.15, -0.1) is 0 Å². The van der Waals surface area contributed by atoms with E-state index in [2.05, 4.69) is 11.3 Å². The van der Waals surface area contributed by atoms with Gasteiger partial charge in [-0.25, -0.2) is 0 Å². The molecule has 0 unspecified atom stereocenters. The van der Waals surface area contributed by atoms with Crippen LogP contribution in [-0.4, -0.2) is 23.1 Å². The Balaban J connectivity index is 2.32. The van der Waals surface area contributed by atoms with Gasteiger partial charge in [0.1, 0.15) is 5.15 Å². The van der Waals surface area contributed by atoms with Gasteiger partial charge in [0.2, 0.25) is 0 Å². The van der Waals surface area contributed by atoms with Crippen LogP contribution in [0.2, 0.25) is 5.15 Å². The zero-order valence-corrected chi connectivity index (χ0v) is 13.2. The molecule has 1 heterocycles. The minimum atomic E-state index is -4.01.